The zero-order chi connectivity index (χ0) is 17.2. The van der Waals surface area contributed by atoms with E-state index in [1.807, 2.05) is 20.8 Å². The van der Waals surface area contributed by atoms with E-state index in [2.05, 4.69) is 9.98 Å². The minimum Gasteiger partial charge on any atom is -0.497 e. The number of methoxy groups -OCH3 is 1. The van der Waals surface area contributed by atoms with Gasteiger partial charge in [0.25, 0.3) is 5.56 Å². The number of H-pyrrole nitrogens is 1. The molecule has 7 nitrogen and oxygen atoms in total. The van der Waals surface area contributed by atoms with Gasteiger partial charge in [-0.3, -0.25) is 14.8 Å². The molecular weight excluding hydrogens is 298 g/mol. The number of aliphatic imine (C=N–C) groups is 1. The van der Waals surface area contributed by atoms with Gasteiger partial charge in [0.1, 0.15) is 11.3 Å². The molecule has 2 rings (SSSR count). The summed E-state index contributed by atoms with van der Waals surface area (Å²) in [7, 11) is 1.53. The fourth-order valence-electron chi connectivity index (χ4n) is 1.88. The summed E-state index contributed by atoms with van der Waals surface area (Å²) in [4.78, 5) is 30.3. The van der Waals surface area contributed by atoms with Gasteiger partial charge in [-0.25, -0.2) is 9.36 Å². The van der Waals surface area contributed by atoms with E-state index < -0.39 is 22.7 Å². The lowest BCUT2D eigenvalue weighted by molar-refractivity contribution is 0.414. The van der Waals surface area contributed by atoms with Gasteiger partial charge in [0.2, 0.25) is 5.88 Å². The Kier molecular flexibility index (Phi) is 4.40. The molecule has 2 N–H and O–H groups in total. The Balaban J connectivity index is 2.62. The topological polar surface area (TPSA) is 96.7 Å². The van der Waals surface area contributed by atoms with E-state index in [0.29, 0.717) is 11.4 Å². The number of aromatic nitrogens is 2. The van der Waals surface area contributed by atoms with Crippen LogP contribution in [0.1, 0.15) is 26.3 Å². The van der Waals surface area contributed by atoms with Crippen LogP contribution in [0, 0.1) is 0 Å². The Hall–Kier alpha value is -2.83. The number of nitrogens with zero attached hydrogens (tertiary/aromatic N) is 2. The lowest BCUT2D eigenvalue weighted by Gasteiger charge is -2.12. The second-order valence-electron chi connectivity index (χ2n) is 5.96. The van der Waals surface area contributed by atoms with Gasteiger partial charge >= 0.3 is 5.69 Å². The second-order valence-corrected chi connectivity index (χ2v) is 5.96. The highest BCUT2D eigenvalue weighted by Gasteiger charge is 2.15. The zero-order valence-electron chi connectivity index (χ0n) is 13.5. The third kappa shape index (κ3) is 3.68. The smallest absolute Gasteiger partial charge is 0.335 e. The van der Waals surface area contributed by atoms with Crippen molar-refractivity contribution in [1.29, 1.82) is 0 Å². The summed E-state index contributed by atoms with van der Waals surface area (Å²) in [5, 5.41) is 10.3. The number of hydrogen-bond acceptors (Lipinski definition) is 5. The molecule has 0 aliphatic carbocycles. The van der Waals surface area contributed by atoms with E-state index >= 15 is 0 Å². The highest BCUT2D eigenvalue weighted by atomic mass is 16.5. The van der Waals surface area contributed by atoms with E-state index in [1.165, 1.54) is 13.3 Å². The molecule has 1 aromatic carbocycles. The summed E-state index contributed by atoms with van der Waals surface area (Å²) in [5.74, 6) is 0.150. The lowest BCUT2D eigenvalue weighted by Crippen LogP contribution is -2.31. The highest BCUT2D eigenvalue weighted by Crippen LogP contribution is 2.19. The van der Waals surface area contributed by atoms with Crippen LogP contribution in [0.25, 0.3) is 5.69 Å². The number of ether oxygens (including phenoxy) is 1. The van der Waals surface area contributed by atoms with Crippen LogP contribution in [0.15, 0.2) is 38.8 Å². The molecule has 0 radical (unpaired) electrons. The van der Waals surface area contributed by atoms with Gasteiger partial charge in [0, 0.05) is 6.21 Å². The van der Waals surface area contributed by atoms with Crippen LogP contribution >= 0.6 is 0 Å². The summed E-state index contributed by atoms with van der Waals surface area (Å²) < 4.78 is 6.06. The molecule has 0 atom stereocenters. The number of aromatic hydroxyl groups is 1. The average molecular weight is 317 g/mol. The molecule has 0 aliphatic heterocycles. The molecule has 0 bridgehead atoms. The van der Waals surface area contributed by atoms with Crippen molar-refractivity contribution in [3.63, 3.8) is 0 Å². The standard InChI is InChI=1S/C16H19N3O4/c1-16(2,3)17-9-12-13(20)18-15(22)19(14(12)21)10-5-7-11(23-4)8-6-10/h5-9,21H,1-4H3,(H,18,20,22). The SMILES string of the molecule is COc1ccc(-n2c(O)c(C=NC(C)(C)C)c(=O)[nH]c2=O)cc1. The first kappa shape index (κ1) is 16.5. The van der Waals surface area contributed by atoms with Gasteiger partial charge in [-0.1, -0.05) is 0 Å². The zero-order valence-corrected chi connectivity index (χ0v) is 13.5. The van der Waals surface area contributed by atoms with Crippen LogP contribution in [0.3, 0.4) is 0 Å². The fourth-order valence-corrected chi connectivity index (χ4v) is 1.88. The summed E-state index contributed by atoms with van der Waals surface area (Å²) >= 11 is 0. The van der Waals surface area contributed by atoms with Crippen molar-refractivity contribution in [3.05, 3.63) is 50.7 Å². The molecule has 2 aromatic rings. The van der Waals surface area contributed by atoms with Crippen molar-refractivity contribution < 1.29 is 9.84 Å². The monoisotopic (exact) mass is 317 g/mol. The van der Waals surface area contributed by atoms with Gasteiger partial charge in [0.15, 0.2) is 0 Å². The number of aromatic amines is 1. The lowest BCUT2D eigenvalue weighted by atomic mass is 10.1. The maximum absolute atomic E-state index is 12.0. The van der Waals surface area contributed by atoms with Crippen LogP contribution in [0.5, 0.6) is 11.6 Å². The molecule has 1 heterocycles. The van der Waals surface area contributed by atoms with Crippen molar-refractivity contribution in [2.24, 2.45) is 4.99 Å². The fraction of sp³-hybridized carbons (Fsp3) is 0.312. The average Bonchev–Trinajstić information content (AvgIpc) is 2.46. The van der Waals surface area contributed by atoms with Gasteiger partial charge in [-0.15, -0.1) is 0 Å². The van der Waals surface area contributed by atoms with Crippen LogP contribution in [0.4, 0.5) is 0 Å². The quantitative estimate of drug-likeness (QED) is 0.838. The minimum atomic E-state index is -0.731. The first-order valence-electron chi connectivity index (χ1n) is 7.01. The summed E-state index contributed by atoms with van der Waals surface area (Å²) in [6.07, 6.45) is 1.27. The Morgan fingerprint density at radius 2 is 1.83 bits per heavy atom. The van der Waals surface area contributed by atoms with Crippen molar-refractivity contribution >= 4 is 6.21 Å². The molecule has 0 spiro atoms. The van der Waals surface area contributed by atoms with Crippen molar-refractivity contribution in [2.75, 3.05) is 7.11 Å². The van der Waals surface area contributed by atoms with Crippen molar-refractivity contribution in [1.82, 2.24) is 9.55 Å². The summed E-state index contributed by atoms with van der Waals surface area (Å²) in [6.45, 7) is 5.57. The third-order valence-electron chi connectivity index (χ3n) is 3.03. The predicted octanol–water partition coefficient (Wildman–Crippen LogP) is 1.46. The van der Waals surface area contributed by atoms with E-state index in [1.54, 1.807) is 24.3 Å². The maximum atomic E-state index is 12.0. The van der Waals surface area contributed by atoms with E-state index in [0.717, 1.165) is 4.57 Å². The van der Waals surface area contributed by atoms with Gasteiger partial charge in [0.05, 0.1) is 18.3 Å². The molecule has 0 fully saturated rings. The van der Waals surface area contributed by atoms with E-state index in [4.69, 9.17) is 4.74 Å². The molecule has 7 heteroatoms. The minimum absolute atomic E-state index is 0.0738. The van der Waals surface area contributed by atoms with Crippen LogP contribution in [-0.2, 0) is 0 Å². The Morgan fingerprint density at radius 3 is 2.35 bits per heavy atom. The van der Waals surface area contributed by atoms with Crippen LogP contribution in [-0.4, -0.2) is 33.5 Å². The first-order chi connectivity index (χ1) is 10.7. The molecule has 23 heavy (non-hydrogen) atoms. The molecular formula is C16H19N3O4. The molecule has 0 unspecified atom stereocenters. The predicted molar refractivity (Wildman–Crippen MR) is 88.2 cm³/mol. The van der Waals surface area contributed by atoms with E-state index in [9.17, 15) is 14.7 Å². The number of rotatable bonds is 3. The second kappa shape index (κ2) is 6.12. The molecule has 0 saturated heterocycles. The van der Waals surface area contributed by atoms with E-state index in [-0.39, 0.29) is 5.56 Å². The summed E-state index contributed by atoms with van der Waals surface area (Å²) in [5.41, 5.74) is -1.51. The Labute approximate surface area is 132 Å². The largest absolute Gasteiger partial charge is 0.497 e. The van der Waals surface area contributed by atoms with Crippen molar-refractivity contribution in [3.8, 4) is 17.3 Å². The first-order valence-corrected chi connectivity index (χ1v) is 7.01. The van der Waals surface area contributed by atoms with Gasteiger partial charge in [-0.2, -0.15) is 0 Å². The van der Waals surface area contributed by atoms with Crippen LogP contribution in [0.2, 0.25) is 0 Å². The molecule has 0 saturated carbocycles. The molecule has 0 aliphatic rings. The summed E-state index contributed by atoms with van der Waals surface area (Å²) in [6, 6.07) is 6.50. The molecule has 122 valence electrons. The van der Waals surface area contributed by atoms with Gasteiger partial charge in [-0.05, 0) is 45.0 Å². The highest BCUT2D eigenvalue weighted by molar-refractivity contribution is 5.82. The van der Waals surface area contributed by atoms with Crippen LogP contribution < -0.4 is 16.0 Å². The number of hydrogen-bond donors (Lipinski definition) is 2. The Bertz CT molecular complexity index is 840. The Morgan fingerprint density at radius 1 is 1.22 bits per heavy atom. The maximum Gasteiger partial charge on any atom is 0.335 e. The van der Waals surface area contributed by atoms with Gasteiger partial charge < -0.3 is 9.84 Å². The number of nitrogens with one attached hydrogen (secondary N) is 1. The molecule has 1 aromatic heterocycles. The third-order valence-corrected chi connectivity index (χ3v) is 3.03. The molecule has 0 amide bonds. The normalized spacial score (nSPS) is 11.8. The number of benzene rings is 1. The van der Waals surface area contributed by atoms with Crippen molar-refractivity contribution in [2.45, 2.75) is 26.3 Å².